The van der Waals surface area contributed by atoms with Gasteiger partial charge in [-0.1, -0.05) is 12.1 Å². The molecule has 0 aliphatic carbocycles. The van der Waals surface area contributed by atoms with Crippen molar-refractivity contribution < 1.29 is 9.18 Å². The van der Waals surface area contributed by atoms with Crippen LogP contribution in [0.25, 0.3) is 0 Å². The monoisotopic (exact) mass is 251 g/mol. The lowest BCUT2D eigenvalue weighted by Gasteiger charge is -2.01. The van der Waals surface area contributed by atoms with Crippen molar-refractivity contribution in [2.75, 3.05) is 5.32 Å². The van der Waals surface area contributed by atoms with Crippen LogP contribution >= 0.6 is 11.5 Å². The van der Waals surface area contributed by atoms with Gasteiger partial charge in [-0.3, -0.25) is 4.79 Å². The molecule has 1 N–H and O–H groups in total. The van der Waals surface area contributed by atoms with Gasteiger partial charge < -0.3 is 5.32 Å². The van der Waals surface area contributed by atoms with Crippen molar-refractivity contribution in [3.05, 3.63) is 41.5 Å². The number of carbonyl (C=O) groups excluding carboxylic acids is 1. The van der Waals surface area contributed by atoms with E-state index in [2.05, 4.69) is 14.7 Å². The molecular formula is C11H10FN3OS. The van der Waals surface area contributed by atoms with Gasteiger partial charge >= 0.3 is 0 Å². The summed E-state index contributed by atoms with van der Waals surface area (Å²) >= 11 is 1.14. The largest absolute Gasteiger partial charge is 0.300 e. The third-order valence-electron chi connectivity index (χ3n) is 2.05. The summed E-state index contributed by atoms with van der Waals surface area (Å²) in [5.74, 6) is 0.133. The second-order valence-electron chi connectivity index (χ2n) is 3.50. The molecule has 1 amide bonds. The van der Waals surface area contributed by atoms with Crippen LogP contribution in [0.15, 0.2) is 24.3 Å². The highest BCUT2D eigenvalue weighted by Gasteiger charge is 2.07. The molecule has 1 heterocycles. The van der Waals surface area contributed by atoms with E-state index in [-0.39, 0.29) is 18.1 Å². The Bertz CT molecular complexity index is 524. The lowest BCUT2D eigenvalue weighted by Crippen LogP contribution is -2.14. The Morgan fingerprint density at radius 2 is 2.12 bits per heavy atom. The van der Waals surface area contributed by atoms with Crippen LogP contribution in [0, 0.1) is 12.7 Å². The zero-order valence-electron chi connectivity index (χ0n) is 9.11. The predicted molar refractivity (Wildman–Crippen MR) is 63.4 cm³/mol. The van der Waals surface area contributed by atoms with E-state index in [1.807, 2.05) is 0 Å². The number of anilines is 1. The summed E-state index contributed by atoms with van der Waals surface area (Å²) in [7, 11) is 0. The van der Waals surface area contributed by atoms with E-state index in [0.29, 0.717) is 11.0 Å². The molecule has 0 unspecified atom stereocenters. The van der Waals surface area contributed by atoms with Gasteiger partial charge in [0.15, 0.2) is 0 Å². The second-order valence-corrected chi connectivity index (χ2v) is 4.25. The molecular weight excluding hydrogens is 241 g/mol. The summed E-state index contributed by atoms with van der Waals surface area (Å²) < 4.78 is 16.6. The fourth-order valence-electron chi connectivity index (χ4n) is 1.30. The number of hydrogen-bond donors (Lipinski definition) is 1. The van der Waals surface area contributed by atoms with Crippen molar-refractivity contribution in [2.45, 2.75) is 13.3 Å². The Balaban J connectivity index is 1.95. The van der Waals surface area contributed by atoms with Gasteiger partial charge in [-0.15, -0.1) is 0 Å². The molecule has 6 heteroatoms. The van der Waals surface area contributed by atoms with E-state index in [1.54, 1.807) is 19.1 Å². The van der Waals surface area contributed by atoms with Crippen LogP contribution in [0.3, 0.4) is 0 Å². The molecule has 0 aliphatic heterocycles. The van der Waals surface area contributed by atoms with E-state index in [0.717, 1.165) is 17.1 Å². The fraction of sp³-hybridized carbons (Fsp3) is 0.182. The predicted octanol–water partition coefficient (Wildman–Crippen LogP) is 2.17. The van der Waals surface area contributed by atoms with Crippen LogP contribution in [0.5, 0.6) is 0 Å². The molecule has 0 saturated heterocycles. The third kappa shape index (κ3) is 3.32. The van der Waals surface area contributed by atoms with Gasteiger partial charge in [0.05, 0.1) is 6.42 Å². The Kier molecular flexibility index (Phi) is 3.43. The van der Waals surface area contributed by atoms with Gasteiger partial charge in [-0.05, 0) is 24.6 Å². The maximum atomic E-state index is 12.7. The zero-order chi connectivity index (χ0) is 12.3. The molecule has 0 radical (unpaired) electrons. The summed E-state index contributed by atoms with van der Waals surface area (Å²) in [5, 5.41) is 3.12. The Morgan fingerprint density at radius 3 is 2.71 bits per heavy atom. The van der Waals surface area contributed by atoms with E-state index >= 15 is 0 Å². The van der Waals surface area contributed by atoms with Crippen LogP contribution in [0.1, 0.15) is 11.4 Å². The SMILES string of the molecule is Cc1nsc(NC(=O)Cc2ccc(F)cc2)n1. The number of carbonyl (C=O) groups is 1. The van der Waals surface area contributed by atoms with Crippen LogP contribution in [-0.4, -0.2) is 15.3 Å². The number of aryl methyl sites for hydroxylation is 1. The Morgan fingerprint density at radius 1 is 1.41 bits per heavy atom. The summed E-state index contributed by atoms with van der Waals surface area (Å²) in [6.45, 7) is 1.76. The first-order valence-corrected chi connectivity index (χ1v) is 5.75. The molecule has 1 aromatic heterocycles. The summed E-state index contributed by atoms with van der Waals surface area (Å²) in [5.41, 5.74) is 0.755. The highest BCUT2D eigenvalue weighted by atomic mass is 32.1. The molecule has 17 heavy (non-hydrogen) atoms. The van der Waals surface area contributed by atoms with Gasteiger partial charge in [0, 0.05) is 11.5 Å². The quantitative estimate of drug-likeness (QED) is 0.909. The van der Waals surface area contributed by atoms with Gasteiger partial charge in [-0.25, -0.2) is 9.37 Å². The zero-order valence-corrected chi connectivity index (χ0v) is 9.92. The van der Waals surface area contributed by atoms with Crippen molar-refractivity contribution in [3.8, 4) is 0 Å². The molecule has 0 fully saturated rings. The number of benzene rings is 1. The highest BCUT2D eigenvalue weighted by Crippen LogP contribution is 2.11. The first kappa shape index (κ1) is 11.7. The van der Waals surface area contributed by atoms with Gasteiger partial charge in [0.1, 0.15) is 11.6 Å². The van der Waals surface area contributed by atoms with Gasteiger partial charge in [0.25, 0.3) is 0 Å². The van der Waals surface area contributed by atoms with Crippen LogP contribution < -0.4 is 5.32 Å². The average molecular weight is 251 g/mol. The average Bonchev–Trinajstić information content (AvgIpc) is 2.67. The number of nitrogens with one attached hydrogen (secondary N) is 1. The lowest BCUT2D eigenvalue weighted by atomic mass is 10.1. The second kappa shape index (κ2) is 5.01. The van der Waals surface area contributed by atoms with E-state index in [1.165, 1.54) is 12.1 Å². The fourth-order valence-corrected chi connectivity index (χ4v) is 1.89. The molecule has 2 aromatic rings. The molecule has 1 aromatic carbocycles. The molecule has 0 atom stereocenters. The smallest absolute Gasteiger partial charge is 0.230 e. The third-order valence-corrected chi connectivity index (χ3v) is 2.77. The van der Waals surface area contributed by atoms with E-state index in [9.17, 15) is 9.18 Å². The van der Waals surface area contributed by atoms with Crippen LogP contribution in [0.2, 0.25) is 0 Å². The molecule has 2 rings (SSSR count). The number of halogens is 1. The van der Waals surface area contributed by atoms with Gasteiger partial charge in [-0.2, -0.15) is 4.37 Å². The number of amides is 1. The summed E-state index contributed by atoms with van der Waals surface area (Å²) in [6, 6.07) is 5.83. The van der Waals surface area contributed by atoms with Gasteiger partial charge in [0.2, 0.25) is 11.0 Å². The minimum atomic E-state index is -0.311. The summed E-state index contributed by atoms with van der Waals surface area (Å²) in [4.78, 5) is 15.6. The number of nitrogens with zero attached hydrogens (tertiary/aromatic N) is 2. The maximum Gasteiger partial charge on any atom is 0.230 e. The normalized spacial score (nSPS) is 10.2. The minimum absolute atomic E-state index is 0.187. The lowest BCUT2D eigenvalue weighted by molar-refractivity contribution is -0.115. The number of aromatic nitrogens is 2. The Labute approximate surface area is 102 Å². The van der Waals surface area contributed by atoms with Crippen molar-refractivity contribution >= 4 is 22.6 Å². The van der Waals surface area contributed by atoms with E-state index in [4.69, 9.17) is 0 Å². The molecule has 88 valence electrons. The van der Waals surface area contributed by atoms with Crippen molar-refractivity contribution in [3.63, 3.8) is 0 Å². The van der Waals surface area contributed by atoms with Crippen LogP contribution in [0.4, 0.5) is 9.52 Å². The Hall–Kier alpha value is -1.82. The molecule has 4 nitrogen and oxygen atoms in total. The molecule has 0 saturated carbocycles. The highest BCUT2D eigenvalue weighted by molar-refractivity contribution is 7.09. The molecule has 0 aliphatic rings. The maximum absolute atomic E-state index is 12.7. The molecule has 0 spiro atoms. The molecule has 0 bridgehead atoms. The number of rotatable bonds is 3. The van der Waals surface area contributed by atoms with Crippen molar-refractivity contribution in [1.82, 2.24) is 9.36 Å². The topological polar surface area (TPSA) is 54.9 Å². The van der Waals surface area contributed by atoms with Crippen LogP contribution in [-0.2, 0) is 11.2 Å². The minimum Gasteiger partial charge on any atom is -0.300 e. The van der Waals surface area contributed by atoms with Crippen molar-refractivity contribution in [2.24, 2.45) is 0 Å². The number of hydrogen-bond acceptors (Lipinski definition) is 4. The van der Waals surface area contributed by atoms with E-state index < -0.39 is 0 Å². The standard InChI is InChI=1S/C11H10FN3OS/c1-7-13-11(17-15-7)14-10(16)6-8-2-4-9(12)5-3-8/h2-5H,6H2,1H3,(H,13,14,15,16). The first-order valence-electron chi connectivity index (χ1n) is 4.98. The summed E-state index contributed by atoms with van der Waals surface area (Å²) in [6.07, 6.45) is 0.193. The first-order chi connectivity index (χ1) is 8.13. The van der Waals surface area contributed by atoms with Crippen molar-refractivity contribution in [1.29, 1.82) is 0 Å².